The Labute approximate surface area is 107 Å². The van der Waals surface area contributed by atoms with Gasteiger partial charge in [0.15, 0.2) is 0 Å². The van der Waals surface area contributed by atoms with Crippen LogP contribution in [0.25, 0.3) is 0 Å². The summed E-state index contributed by atoms with van der Waals surface area (Å²) in [6, 6.07) is 3.45. The topological polar surface area (TPSA) is 79.5 Å². The molecule has 98 valence electrons. The molecule has 0 aliphatic carbocycles. The number of hydrogen-bond donors (Lipinski definition) is 2. The first-order chi connectivity index (χ1) is 8.76. The van der Waals surface area contributed by atoms with E-state index in [0.29, 0.717) is 18.8 Å². The second-order valence-electron chi connectivity index (χ2n) is 4.59. The fraction of sp³-hybridized carbons (Fsp3) is 0.538. The van der Waals surface area contributed by atoms with E-state index in [-0.39, 0.29) is 18.6 Å². The van der Waals surface area contributed by atoms with Crippen LogP contribution < -0.4 is 5.73 Å². The summed E-state index contributed by atoms with van der Waals surface area (Å²) in [6.45, 7) is 1.14. The van der Waals surface area contributed by atoms with Crippen molar-refractivity contribution in [3.63, 3.8) is 0 Å². The molecule has 18 heavy (non-hydrogen) atoms. The number of rotatable bonds is 3. The molecule has 1 unspecified atom stereocenters. The highest BCUT2D eigenvalue weighted by atomic mass is 16.3. The summed E-state index contributed by atoms with van der Waals surface area (Å²) in [6.07, 6.45) is 4.55. The van der Waals surface area contributed by atoms with Crippen LogP contribution in [0, 0.1) is 0 Å². The molecule has 1 saturated heterocycles. The summed E-state index contributed by atoms with van der Waals surface area (Å²) in [4.78, 5) is 18.2. The van der Waals surface area contributed by atoms with E-state index in [9.17, 15) is 9.90 Å². The van der Waals surface area contributed by atoms with Gasteiger partial charge in [-0.2, -0.15) is 0 Å². The SMILES string of the molecule is NCc1ccc(C(=O)N2CCCCC2CO)nc1. The zero-order valence-electron chi connectivity index (χ0n) is 10.4. The summed E-state index contributed by atoms with van der Waals surface area (Å²) in [5.74, 6) is -0.0997. The van der Waals surface area contributed by atoms with Crippen LogP contribution in [0.3, 0.4) is 0 Å². The number of nitrogens with two attached hydrogens (primary N) is 1. The standard InChI is InChI=1S/C13H19N3O2/c14-7-10-4-5-12(15-8-10)13(18)16-6-2-1-3-11(16)9-17/h4-5,8,11,17H,1-3,6-7,9,14H2. The van der Waals surface area contributed by atoms with Crippen LogP contribution in [0.5, 0.6) is 0 Å². The van der Waals surface area contributed by atoms with E-state index in [1.165, 1.54) is 0 Å². The molecule has 1 aromatic rings. The van der Waals surface area contributed by atoms with Gasteiger partial charge in [-0.15, -0.1) is 0 Å². The van der Waals surface area contributed by atoms with Gasteiger partial charge >= 0.3 is 0 Å². The van der Waals surface area contributed by atoms with E-state index in [2.05, 4.69) is 4.98 Å². The number of hydrogen-bond acceptors (Lipinski definition) is 4. The van der Waals surface area contributed by atoms with Crippen molar-refractivity contribution in [1.29, 1.82) is 0 Å². The van der Waals surface area contributed by atoms with Gasteiger partial charge in [0.2, 0.25) is 0 Å². The number of nitrogens with zero attached hydrogens (tertiary/aromatic N) is 2. The summed E-state index contributed by atoms with van der Waals surface area (Å²) in [7, 11) is 0. The largest absolute Gasteiger partial charge is 0.394 e. The molecule has 0 aromatic carbocycles. The molecule has 1 atom stereocenters. The molecule has 3 N–H and O–H groups in total. The lowest BCUT2D eigenvalue weighted by Gasteiger charge is -2.34. The van der Waals surface area contributed by atoms with Crippen molar-refractivity contribution in [1.82, 2.24) is 9.88 Å². The van der Waals surface area contributed by atoms with Crippen LogP contribution in [-0.2, 0) is 6.54 Å². The van der Waals surface area contributed by atoms with Crippen molar-refractivity contribution in [2.45, 2.75) is 31.8 Å². The van der Waals surface area contributed by atoms with Gasteiger partial charge in [-0.25, -0.2) is 0 Å². The van der Waals surface area contributed by atoms with E-state index >= 15 is 0 Å². The quantitative estimate of drug-likeness (QED) is 0.819. The number of aliphatic hydroxyl groups is 1. The molecule has 1 aromatic heterocycles. The Morgan fingerprint density at radius 2 is 2.33 bits per heavy atom. The predicted octanol–water partition coefficient (Wildman–Crippen LogP) is 0.527. The monoisotopic (exact) mass is 249 g/mol. The van der Waals surface area contributed by atoms with Gasteiger partial charge in [0.25, 0.3) is 5.91 Å². The third-order valence-electron chi connectivity index (χ3n) is 3.38. The summed E-state index contributed by atoms with van der Waals surface area (Å²) < 4.78 is 0. The number of likely N-dealkylation sites (tertiary alicyclic amines) is 1. The molecule has 1 aliphatic rings. The molecule has 0 saturated carbocycles. The normalized spacial score (nSPS) is 19.9. The highest BCUT2D eigenvalue weighted by Crippen LogP contribution is 2.18. The highest BCUT2D eigenvalue weighted by Gasteiger charge is 2.27. The molecule has 5 heteroatoms. The molecule has 1 fully saturated rings. The van der Waals surface area contributed by atoms with Crippen LogP contribution in [-0.4, -0.2) is 40.1 Å². The fourth-order valence-electron chi connectivity index (χ4n) is 2.28. The highest BCUT2D eigenvalue weighted by molar-refractivity contribution is 5.92. The third-order valence-corrected chi connectivity index (χ3v) is 3.38. The minimum Gasteiger partial charge on any atom is -0.394 e. The Morgan fingerprint density at radius 3 is 2.94 bits per heavy atom. The second kappa shape index (κ2) is 5.93. The van der Waals surface area contributed by atoms with E-state index in [1.54, 1.807) is 17.2 Å². The Morgan fingerprint density at radius 1 is 1.50 bits per heavy atom. The molecule has 1 amide bonds. The number of pyridine rings is 1. The van der Waals surface area contributed by atoms with Gasteiger partial charge in [-0.3, -0.25) is 9.78 Å². The van der Waals surface area contributed by atoms with Crippen molar-refractivity contribution in [2.24, 2.45) is 5.73 Å². The van der Waals surface area contributed by atoms with Gasteiger partial charge in [0, 0.05) is 19.3 Å². The van der Waals surface area contributed by atoms with E-state index < -0.39 is 0 Å². The fourth-order valence-corrected chi connectivity index (χ4v) is 2.28. The third kappa shape index (κ3) is 2.68. The average molecular weight is 249 g/mol. The van der Waals surface area contributed by atoms with Crippen LogP contribution in [0.2, 0.25) is 0 Å². The van der Waals surface area contributed by atoms with Crippen molar-refractivity contribution in [2.75, 3.05) is 13.2 Å². The number of aliphatic hydroxyl groups excluding tert-OH is 1. The lowest BCUT2D eigenvalue weighted by molar-refractivity contribution is 0.0497. The van der Waals surface area contributed by atoms with Gasteiger partial charge in [0.1, 0.15) is 5.69 Å². The first kappa shape index (κ1) is 13.0. The Kier molecular flexibility index (Phi) is 4.28. The first-order valence-corrected chi connectivity index (χ1v) is 6.33. The lowest BCUT2D eigenvalue weighted by atomic mass is 10.0. The summed E-state index contributed by atoms with van der Waals surface area (Å²) >= 11 is 0. The maximum atomic E-state index is 12.3. The van der Waals surface area contributed by atoms with Crippen molar-refractivity contribution >= 4 is 5.91 Å². The summed E-state index contributed by atoms with van der Waals surface area (Å²) in [5.41, 5.74) is 6.82. The number of piperidine rings is 1. The molecule has 0 bridgehead atoms. The molecule has 1 aliphatic heterocycles. The maximum Gasteiger partial charge on any atom is 0.272 e. The van der Waals surface area contributed by atoms with Crippen molar-refractivity contribution < 1.29 is 9.90 Å². The smallest absolute Gasteiger partial charge is 0.272 e. The zero-order chi connectivity index (χ0) is 13.0. The van der Waals surface area contributed by atoms with Crippen LogP contribution in [0.15, 0.2) is 18.3 Å². The molecule has 2 heterocycles. The Bertz CT molecular complexity index is 405. The van der Waals surface area contributed by atoms with Crippen LogP contribution in [0.1, 0.15) is 35.3 Å². The molecular weight excluding hydrogens is 230 g/mol. The Balaban J connectivity index is 2.13. The number of carbonyl (C=O) groups is 1. The molecule has 2 rings (SSSR count). The number of carbonyl (C=O) groups excluding carboxylic acids is 1. The van der Waals surface area contributed by atoms with Gasteiger partial charge in [-0.05, 0) is 30.9 Å². The second-order valence-corrected chi connectivity index (χ2v) is 4.59. The lowest BCUT2D eigenvalue weighted by Crippen LogP contribution is -2.45. The van der Waals surface area contributed by atoms with Crippen LogP contribution in [0.4, 0.5) is 0 Å². The number of amides is 1. The van der Waals surface area contributed by atoms with Gasteiger partial charge in [0.05, 0.1) is 12.6 Å². The average Bonchev–Trinajstić information content (AvgIpc) is 2.46. The van der Waals surface area contributed by atoms with Crippen molar-refractivity contribution in [3.05, 3.63) is 29.6 Å². The number of aromatic nitrogens is 1. The van der Waals surface area contributed by atoms with E-state index in [1.807, 2.05) is 6.07 Å². The van der Waals surface area contributed by atoms with Crippen LogP contribution >= 0.6 is 0 Å². The minimum absolute atomic E-state index is 0.0205. The molecule has 5 nitrogen and oxygen atoms in total. The Hall–Kier alpha value is -1.46. The van der Waals surface area contributed by atoms with E-state index in [4.69, 9.17) is 5.73 Å². The summed E-state index contributed by atoms with van der Waals surface area (Å²) in [5, 5.41) is 9.31. The van der Waals surface area contributed by atoms with Gasteiger partial charge in [-0.1, -0.05) is 6.07 Å². The molecule has 0 spiro atoms. The first-order valence-electron chi connectivity index (χ1n) is 6.33. The maximum absolute atomic E-state index is 12.3. The molecular formula is C13H19N3O2. The van der Waals surface area contributed by atoms with E-state index in [0.717, 1.165) is 24.8 Å². The predicted molar refractivity (Wildman–Crippen MR) is 67.9 cm³/mol. The minimum atomic E-state index is -0.0997. The van der Waals surface area contributed by atoms with Crippen molar-refractivity contribution in [3.8, 4) is 0 Å². The van der Waals surface area contributed by atoms with Gasteiger partial charge < -0.3 is 15.7 Å². The molecule has 0 radical (unpaired) electrons. The zero-order valence-corrected chi connectivity index (χ0v) is 10.4.